The Morgan fingerprint density at radius 2 is 1.60 bits per heavy atom. The Morgan fingerprint density at radius 1 is 1.00 bits per heavy atom. The lowest BCUT2D eigenvalue weighted by Gasteiger charge is -2.19. The van der Waals surface area contributed by atoms with Crippen molar-refractivity contribution in [3.63, 3.8) is 0 Å². The molecule has 2 aromatic carbocycles. The number of halogens is 1. The molecule has 0 saturated carbocycles. The van der Waals surface area contributed by atoms with Gasteiger partial charge >= 0.3 is 5.97 Å². The van der Waals surface area contributed by atoms with E-state index in [9.17, 15) is 17.6 Å². The molecule has 8 heteroatoms. The van der Waals surface area contributed by atoms with Crippen molar-refractivity contribution in [2.45, 2.75) is 55.9 Å². The predicted octanol–water partition coefficient (Wildman–Crippen LogP) is 4.67. The van der Waals surface area contributed by atoms with E-state index in [1.54, 1.807) is 24.3 Å². The van der Waals surface area contributed by atoms with Gasteiger partial charge in [-0.15, -0.1) is 0 Å². The fourth-order valence-corrected chi connectivity index (χ4v) is 4.41. The van der Waals surface area contributed by atoms with Crippen LogP contribution in [0.3, 0.4) is 0 Å². The maximum absolute atomic E-state index is 13.3. The van der Waals surface area contributed by atoms with Gasteiger partial charge in [0.15, 0.2) is 0 Å². The number of methoxy groups -OCH3 is 1. The molecule has 0 spiro atoms. The molecule has 2 N–H and O–H groups in total. The van der Waals surface area contributed by atoms with Crippen LogP contribution in [0, 0.1) is 5.82 Å². The largest absolute Gasteiger partial charge is 0.497 e. The Bertz CT molecular complexity index is 898. The van der Waals surface area contributed by atoms with Gasteiger partial charge in [-0.25, -0.2) is 17.5 Å². The van der Waals surface area contributed by atoms with Gasteiger partial charge < -0.3 is 9.84 Å². The standard InChI is InChI=1S/C22H28FNO5S/c1-29-19-13-15-20(16-14-19)30(27,28)24-21(17-9-11-18(23)12-10-17)7-5-3-2-4-6-8-22(25)26/h9-16,21,24H,2-8H2,1H3,(H,25,26). The quantitative estimate of drug-likeness (QED) is 0.444. The number of hydrogen-bond donors (Lipinski definition) is 2. The molecule has 2 rings (SSSR count). The van der Waals surface area contributed by atoms with Gasteiger partial charge in [0.05, 0.1) is 12.0 Å². The third-order valence-electron chi connectivity index (χ3n) is 4.82. The SMILES string of the molecule is COc1ccc(S(=O)(=O)NC(CCCCCCCC(=O)O)c2ccc(F)cc2)cc1. The number of hydrogen-bond acceptors (Lipinski definition) is 4. The van der Waals surface area contributed by atoms with Crippen LogP contribution in [0.25, 0.3) is 0 Å². The summed E-state index contributed by atoms with van der Waals surface area (Å²) in [6.07, 6.45) is 4.70. The molecule has 0 saturated heterocycles. The minimum absolute atomic E-state index is 0.129. The molecule has 0 radical (unpaired) electrons. The first-order chi connectivity index (χ1) is 14.3. The molecule has 2 aromatic rings. The molecule has 0 aliphatic heterocycles. The van der Waals surface area contributed by atoms with Crippen LogP contribution in [-0.4, -0.2) is 26.6 Å². The molecule has 0 bridgehead atoms. The van der Waals surface area contributed by atoms with Crippen molar-refractivity contribution < 1.29 is 27.4 Å². The first-order valence-corrected chi connectivity index (χ1v) is 11.4. The number of ether oxygens (including phenoxy) is 1. The molecule has 30 heavy (non-hydrogen) atoms. The predicted molar refractivity (Wildman–Crippen MR) is 112 cm³/mol. The van der Waals surface area contributed by atoms with E-state index in [1.807, 2.05) is 0 Å². The van der Waals surface area contributed by atoms with Crippen LogP contribution >= 0.6 is 0 Å². The Balaban J connectivity index is 2.02. The van der Waals surface area contributed by atoms with Crippen LogP contribution in [0.15, 0.2) is 53.4 Å². The van der Waals surface area contributed by atoms with E-state index in [0.717, 1.165) is 25.7 Å². The van der Waals surface area contributed by atoms with Gasteiger partial charge in [-0.2, -0.15) is 0 Å². The van der Waals surface area contributed by atoms with Gasteiger partial charge in [-0.3, -0.25) is 4.79 Å². The van der Waals surface area contributed by atoms with Gasteiger partial charge in [0.1, 0.15) is 11.6 Å². The zero-order chi connectivity index (χ0) is 22.0. The molecule has 0 aromatic heterocycles. The second-order valence-electron chi connectivity index (χ2n) is 7.10. The summed E-state index contributed by atoms with van der Waals surface area (Å²) in [6.45, 7) is 0. The fraction of sp³-hybridized carbons (Fsp3) is 0.409. The number of carboxylic acid groups (broad SMARTS) is 1. The number of aliphatic carboxylic acids is 1. The number of carbonyl (C=O) groups is 1. The molecule has 0 aliphatic rings. The number of carboxylic acids is 1. The van der Waals surface area contributed by atoms with Gasteiger partial charge in [0.25, 0.3) is 0 Å². The van der Waals surface area contributed by atoms with E-state index in [1.165, 1.54) is 31.4 Å². The van der Waals surface area contributed by atoms with Gasteiger partial charge in [-0.1, -0.05) is 37.8 Å². The average Bonchev–Trinajstić information content (AvgIpc) is 2.72. The van der Waals surface area contributed by atoms with Crippen molar-refractivity contribution in [1.82, 2.24) is 4.72 Å². The Hall–Kier alpha value is -2.45. The van der Waals surface area contributed by atoms with E-state index in [-0.39, 0.29) is 17.1 Å². The Morgan fingerprint density at radius 3 is 2.20 bits per heavy atom. The number of nitrogens with one attached hydrogen (secondary N) is 1. The van der Waals surface area contributed by atoms with Crippen molar-refractivity contribution in [2.24, 2.45) is 0 Å². The summed E-state index contributed by atoms with van der Waals surface area (Å²) in [5, 5.41) is 8.67. The van der Waals surface area contributed by atoms with Crippen LogP contribution < -0.4 is 9.46 Å². The third-order valence-corrected chi connectivity index (χ3v) is 6.31. The maximum Gasteiger partial charge on any atom is 0.303 e. The molecule has 0 heterocycles. The summed E-state index contributed by atoms with van der Waals surface area (Å²) < 4.78 is 46.8. The number of sulfonamides is 1. The second-order valence-corrected chi connectivity index (χ2v) is 8.82. The zero-order valence-corrected chi connectivity index (χ0v) is 17.8. The van der Waals surface area contributed by atoms with E-state index >= 15 is 0 Å². The lowest BCUT2D eigenvalue weighted by Crippen LogP contribution is -2.28. The molecule has 0 aliphatic carbocycles. The molecule has 1 atom stereocenters. The first kappa shape index (κ1) is 23.8. The topological polar surface area (TPSA) is 92.7 Å². The van der Waals surface area contributed by atoms with Gasteiger partial charge in [0.2, 0.25) is 10.0 Å². The highest BCUT2D eigenvalue weighted by Crippen LogP contribution is 2.24. The molecule has 0 fully saturated rings. The molecular formula is C22H28FNO5S. The van der Waals surface area contributed by atoms with Crippen LogP contribution in [0.4, 0.5) is 4.39 Å². The molecule has 164 valence electrons. The van der Waals surface area contributed by atoms with Gasteiger partial charge in [-0.05, 0) is 54.8 Å². The Labute approximate surface area is 177 Å². The minimum Gasteiger partial charge on any atom is -0.497 e. The number of benzene rings is 2. The van der Waals surface area contributed by atoms with Crippen molar-refractivity contribution >= 4 is 16.0 Å². The van der Waals surface area contributed by atoms with E-state index in [2.05, 4.69) is 4.72 Å². The molecule has 6 nitrogen and oxygen atoms in total. The van der Waals surface area contributed by atoms with Crippen LogP contribution in [0.5, 0.6) is 5.75 Å². The van der Waals surface area contributed by atoms with Crippen molar-refractivity contribution in [2.75, 3.05) is 7.11 Å². The zero-order valence-electron chi connectivity index (χ0n) is 17.0. The Kier molecular flexibility index (Phi) is 9.26. The van der Waals surface area contributed by atoms with E-state index in [4.69, 9.17) is 9.84 Å². The molecule has 0 amide bonds. The summed E-state index contributed by atoms with van der Waals surface area (Å²) in [6, 6.07) is 11.4. The van der Waals surface area contributed by atoms with Gasteiger partial charge in [0, 0.05) is 12.5 Å². The fourth-order valence-electron chi connectivity index (χ4n) is 3.15. The highest BCUT2D eigenvalue weighted by atomic mass is 32.2. The highest BCUT2D eigenvalue weighted by molar-refractivity contribution is 7.89. The lowest BCUT2D eigenvalue weighted by atomic mass is 10.0. The smallest absolute Gasteiger partial charge is 0.303 e. The summed E-state index contributed by atoms with van der Waals surface area (Å²) in [4.78, 5) is 10.7. The van der Waals surface area contributed by atoms with E-state index in [0.29, 0.717) is 24.2 Å². The van der Waals surface area contributed by atoms with Crippen molar-refractivity contribution in [3.05, 3.63) is 59.9 Å². The summed E-state index contributed by atoms with van der Waals surface area (Å²) in [5.41, 5.74) is 0.694. The number of unbranched alkanes of at least 4 members (excludes halogenated alkanes) is 4. The summed E-state index contributed by atoms with van der Waals surface area (Å²) in [7, 11) is -2.26. The summed E-state index contributed by atoms with van der Waals surface area (Å²) in [5.74, 6) is -0.611. The normalized spacial score (nSPS) is 12.5. The maximum atomic E-state index is 13.3. The van der Waals surface area contributed by atoms with Crippen LogP contribution in [0.2, 0.25) is 0 Å². The first-order valence-electron chi connectivity index (χ1n) is 9.95. The second kappa shape index (κ2) is 11.7. The van der Waals surface area contributed by atoms with Crippen molar-refractivity contribution in [1.29, 1.82) is 0 Å². The van der Waals surface area contributed by atoms with E-state index < -0.39 is 22.0 Å². The van der Waals surface area contributed by atoms with Crippen LogP contribution in [0.1, 0.15) is 56.6 Å². The minimum atomic E-state index is -3.77. The number of rotatable bonds is 13. The molecular weight excluding hydrogens is 409 g/mol. The van der Waals surface area contributed by atoms with Crippen LogP contribution in [-0.2, 0) is 14.8 Å². The lowest BCUT2D eigenvalue weighted by molar-refractivity contribution is -0.137. The molecule has 1 unspecified atom stereocenters. The highest BCUT2D eigenvalue weighted by Gasteiger charge is 2.21. The van der Waals surface area contributed by atoms with Crippen molar-refractivity contribution in [3.8, 4) is 5.75 Å². The monoisotopic (exact) mass is 437 g/mol. The summed E-state index contributed by atoms with van der Waals surface area (Å²) >= 11 is 0. The average molecular weight is 438 g/mol. The third kappa shape index (κ3) is 7.76.